The Hall–Kier alpha value is -2.01. The van der Waals surface area contributed by atoms with Crippen molar-refractivity contribution in [3.8, 4) is 5.75 Å². The molecule has 0 amide bonds. The number of nitrogens with two attached hydrogens (primary N) is 1. The summed E-state index contributed by atoms with van der Waals surface area (Å²) in [7, 11) is -0.986. The Kier molecular flexibility index (Phi) is 6.11. The van der Waals surface area contributed by atoms with Crippen LogP contribution in [-0.4, -0.2) is 17.1 Å². The fourth-order valence-corrected chi connectivity index (χ4v) is 4.82. The van der Waals surface area contributed by atoms with E-state index in [2.05, 4.69) is 13.8 Å². The van der Waals surface area contributed by atoms with E-state index in [-0.39, 0.29) is 0 Å². The lowest BCUT2D eigenvalue weighted by atomic mass is 10.1. The van der Waals surface area contributed by atoms with E-state index in [4.69, 9.17) is 14.8 Å². The van der Waals surface area contributed by atoms with Crippen molar-refractivity contribution in [2.75, 3.05) is 18.6 Å². The highest BCUT2D eigenvalue weighted by Crippen LogP contribution is 2.30. The molecule has 0 aliphatic heterocycles. The van der Waals surface area contributed by atoms with Gasteiger partial charge in [0.25, 0.3) is 0 Å². The molecule has 25 heavy (non-hydrogen) atoms. The first-order valence-corrected chi connectivity index (χ1v) is 10.2. The SMILES string of the molecule is COc1cccc(S(=O)(CCC(C)C)=Nc2cc(C)c(N)cc2C)c1. The maximum absolute atomic E-state index is 13.8. The molecule has 0 aliphatic rings. The van der Waals surface area contributed by atoms with Gasteiger partial charge in [0.15, 0.2) is 0 Å². The van der Waals surface area contributed by atoms with Gasteiger partial charge in [-0.3, -0.25) is 0 Å². The molecular weight excluding hydrogens is 332 g/mol. The molecule has 1 unspecified atom stereocenters. The first-order chi connectivity index (χ1) is 11.7. The monoisotopic (exact) mass is 360 g/mol. The second kappa shape index (κ2) is 7.91. The third-order valence-electron chi connectivity index (χ3n) is 4.21. The van der Waals surface area contributed by atoms with Crippen molar-refractivity contribution in [2.24, 2.45) is 10.3 Å². The molecule has 2 aromatic rings. The molecule has 1 atom stereocenters. The minimum Gasteiger partial charge on any atom is -0.497 e. The van der Waals surface area contributed by atoms with Gasteiger partial charge >= 0.3 is 0 Å². The third kappa shape index (κ3) is 4.75. The summed E-state index contributed by atoms with van der Waals surface area (Å²) in [6.45, 7) is 8.14. The smallest absolute Gasteiger partial charge is 0.120 e. The van der Waals surface area contributed by atoms with Gasteiger partial charge in [-0.25, -0.2) is 4.21 Å². The van der Waals surface area contributed by atoms with E-state index in [0.717, 1.165) is 28.9 Å². The minimum absolute atomic E-state index is 0.455. The second-order valence-corrected chi connectivity index (χ2v) is 9.14. The number of rotatable bonds is 6. The quantitative estimate of drug-likeness (QED) is 0.729. The third-order valence-corrected chi connectivity index (χ3v) is 6.48. The summed E-state index contributed by atoms with van der Waals surface area (Å²) in [5.74, 6) is 1.66. The maximum Gasteiger partial charge on any atom is 0.120 e. The highest BCUT2D eigenvalue weighted by Gasteiger charge is 2.16. The van der Waals surface area contributed by atoms with Crippen LogP contribution in [-0.2, 0) is 9.73 Å². The van der Waals surface area contributed by atoms with Crippen LogP contribution in [0.1, 0.15) is 31.4 Å². The molecule has 0 bridgehead atoms. The number of nitrogen functional groups attached to an aromatic ring is 1. The Morgan fingerprint density at radius 1 is 1.16 bits per heavy atom. The van der Waals surface area contributed by atoms with E-state index in [1.165, 1.54) is 0 Å². The topological polar surface area (TPSA) is 64.7 Å². The lowest BCUT2D eigenvalue weighted by Crippen LogP contribution is -2.09. The molecule has 0 heterocycles. The van der Waals surface area contributed by atoms with Crippen molar-refractivity contribution < 1.29 is 8.95 Å². The van der Waals surface area contributed by atoms with E-state index in [1.54, 1.807) is 7.11 Å². The van der Waals surface area contributed by atoms with E-state index in [0.29, 0.717) is 22.3 Å². The van der Waals surface area contributed by atoms with Crippen LogP contribution >= 0.6 is 0 Å². The molecular formula is C20H28N2O2S. The maximum atomic E-state index is 13.8. The van der Waals surface area contributed by atoms with E-state index in [9.17, 15) is 4.21 Å². The summed E-state index contributed by atoms with van der Waals surface area (Å²) in [5, 5.41) is 0. The van der Waals surface area contributed by atoms with Crippen molar-refractivity contribution in [2.45, 2.75) is 39.0 Å². The summed E-state index contributed by atoms with van der Waals surface area (Å²) in [6.07, 6.45) is 0.840. The highest BCUT2D eigenvalue weighted by atomic mass is 32.2. The van der Waals surface area contributed by atoms with Crippen LogP contribution in [0.25, 0.3) is 0 Å². The molecule has 0 saturated heterocycles. The molecule has 136 valence electrons. The van der Waals surface area contributed by atoms with E-state index in [1.807, 2.05) is 50.2 Å². The number of anilines is 1. The largest absolute Gasteiger partial charge is 0.497 e. The van der Waals surface area contributed by atoms with Crippen LogP contribution in [0.3, 0.4) is 0 Å². The molecule has 0 radical (unpaired) electrons. The standard InChI is InChI=1S/C20H28N2O2S/c1-14(2)9-10-25(23,18-8-6-7-17(13-18)24-5)22-20-12-15(3)19(21)11-16(20)4/h6-8,11-14H,9-10,21H2,1-5H3. The van der Waals surface area contributed by atoms with Crippen molar-refractivity contribution in [1.29, 1.82) is 0 Å². The number of methoxy groups -OCH3 is 1. The summed E-state index contributed by atoms with van der Waals surface area (Å²) in [5.41, 5.74) is 9.32. The second-order valence-electron chi connectivity index (χ2n) is 6.79. The molecule has 0 aromatic heterocycles. The average Bonchev–Trinajstić information content (AvgIpc) is 2.58. The molecule has 4 nitrogen and oxygen atoms in total. The number of benzene rings is 2. The van der Waals surface area contributed by atoms with Crippen LogP contribution < -0.4 is 10.5 Å². The van der Waals surface area contributed by atoms with E-state index < -0.39 is 9.73 Å². The minimum atomic E-state index is -2.60. The van der Waals surface area contributed by atoms with Crippen LogP contribution in [0.4, 0.5) is 11.4 Å². The van der Waals surface area contributed by atoms with Gasteiger partial charge in [0.05, 0.1) is 27.4 Å². The average molecular weight is 361 g/mol. The Balaban J connectivity index is 2.62. The Morgan fingerprint density at radius 2 is 1.88 bits per heavy atom. The molecule has 0 saturated carbocycles. The Labute approximate surface area is 151 Å². The van der Waals surface area contributed by atoms with Gasteiger partial charge in [0.1, 0.15) is 5.75 Å². The van der Waals surface area contributed by atoms with Gasteiger partial charge in [0.2, 0.25) is 0 Å². The molecule has 2 aromatic carbocycles. The molecule has 5 heteroatoms. The number of ether oxygens (including phenoxy) is 1. The van der Waals surface area contributed by atoms with Crippen LogP contribution in [0.2, 0.25) is 0 Å². The van der Waals surface area contributed by atoms with Crippen molar-refractivity contribution >= 4 is 21.1 Å². The van der Waals surface area contributed by atoms with Crippen molar-refractivity contribution in [3.05, 3.63) is 47.5 Å². The molecule has 0 fully saturated rings. The fourth-order valence-electron chi connectivity index (χ4n) is 2.49. The molecule has 0 spiro atoms. The summed E-state index contributed by atoms with van der Waals surface area (Å²) < 4.78 is 23.9. The summed E-state index contributed by atoms with van der Waals surface area (Å²) >= 11 is 0. The van der Waals surface area contributed by atoms with Crippen LogP contribution in [0, 0.1) is 19.8 Å². The number of nitrogens with zero attached hydrogens (tertiary/aromatic N) is 1. The zero-order valence-electron chi connectivity index (χ0n) is 15.7. The molecule has 2 N–H and O–H groups in total. The van der Waals surface area contributed by atoms with Crippen molar-refractivity contribution in [1.82, 2.24) is 0 Å². The first-order valence-electron chi connectivity index (χ1n) is 8.51. The summed E-state index contributed by atoms with van der Waals surface area (Å²) in [6, 6.07) is 11.2. The number of hydrogen-bond donors (Lipinski definition) is 1. The van der Waals surface area contributed by atoms with Gasteiger partial charge in [-0.15, -0.1) is 0 Å². The first kappa shape index (κ1) is 19.3. The van der Waals surface area contributed by atoms with Gasteiger partial charge in [-0.2, -0.15) is 4.36 Å². The fraction of sp³-hybridized carbons (Fsp3) is 0.400. The van der Waals surface area contributed by atoms with Gasteiger partial charge in [0, 0.05) is 11.4 Å². The summed E-state index contributed by atoms with van der Waals surface area (Å²) in [4.78, 5) is 0.710. The number of hydrogen-bond acceptors (Lipinski definition) is 4. The van der Waals surface area contributed by atoms with E-state index >= 15 is 0 Å². The Bertz CT molecular complexity index is 866. The number of aryl methyl sites for hydroxylation is 2. The zero-order chi connectivity index (χ0) is 18.6. The lowest BCUT2D eigenvalue weighted by Gasteiger charge is -2.15. The van der Waals surface area contributed by atoms with Gasteiger partial charge in [-0.05, 0) is 67.6 Å². The highest BCUT2D eigenvalue weighted by molar-refractivity contribution is 7.93. The van der Waals surface area contributed by atoms with Gasteiger partial charge < -0.3 is 10.5 Å². The van der Waals surface area contributed by atoms with Crippen molar-refractivity contribution in [3.63, 3.8) is 0 Å². The van der Waals surface area contributed by atoms with Crippen LogP contribution in [0.15, 0.2) is 45.7 Å². The Morgan fingerprint density at radius 3 is 2.52 bits per heavy atom. The lowest BCUT2D eigenvalue weighted by molar-refractivity contribution is 0.413. The van der Waals surface area contributed by atoms with Crippen LogP contribution in [0.5, 0.6) is 5.75 Å². The zero-order valence-corrected chi connectivity index (χ0v) is 16.5. The normalized spacial score (nSPS) is 13.5. The predicted octanol–water partition coefficient (Wildman–Crippen LogP) is 5.10. The molecule has 0 aliphatic carbocycles. The predicted molar refractivity (Wildman–Crippen MR) is 106 cm³/mol. The molecule has 2 rings (SSSR count). The van der Waals surface area contributed by atoms with Gasteiger partial charge in [-0.1, -0.05) is 19.9 Å².